The van der Waals surface area contributed by atoms with E-state index in [0.717, 1.165) is 11.3 Å². The van der Waals surface area contributed by atoms with Gasteiger partial charge in [0, 0.05) is 5.02 Å². The fourth-order valence-electron chi connectivity index (χ4n) is 1.40. The van der Waals surface area contributed by atoms with Crippen molar-refractivity contribution in [3.8, 4) is 11.5 Å². The first kappa shape index (κ1) is 14.4. The van der Waals surface area contributed by atoms with Crippen LogP contribution in [0.3, 0.4) is 0 Å². The highest BCUT2D eigenvalue weighted by atomic mass is 35.5. The van der Waals surface area contributed by atoms with Gasteiger partial charge in [0.25, 0.3) is 0 Å². The van der Waals surface area contributed by atoms with Gasteiger partial charge in [-0.3, -0.25) is 0 Å². The van der Waals surface area contributed by atoms with Crippen LogP contribution in [0.15, 0.2) is 48.5 Å². The number of ether oxygens (including phenoxy) is 1. The topological polar surface area (TPSA) is 18.5 Å². The third-order valence-electron chi connectivity index (χ3n) is 2.42. The highest BCUT2D eigenvalue weighted by molar-refractivity contribution is 7.96. The molecule has 0 radical (unpaired) electrons. The average molecular weight is 315 g/mol. The molecule has 0 amide bonds. The quantitative estimate of drug-likeness (QED) is 0.550. The van der Waals surface area contributed by atoms with E-state index in [4.69, 9.17) is 32.1 Å². The molecular weight excluding hydrogens is 303 g/mol. The van der Waals surface area contributed by atoms with Gasteiger partial charge in [0.15, 0.2) is 0 Å². The maximum absolute atomic E-state index is 6.25. The van der Waals surface area contributed by atoms with Gasteiger partial charge in [-0.15, -0.1) is 11.6 Å². The van der Waals surface area contributed by atoms with E-state index in [0.29, 0.717) is 10.8 Å². The molecule has 0 aliphatic rings. The standard InChI is InChI=1S/C14H12Cl2O2S/c1-17-12-6-2-10(3-7-12)14(16)19-18-13-8-4-11(15)5-9-13/h2-9,14H,1H3. The van der Waals surface area contributed by atoms with Crippen LogP contribution in [0.5, 0.6) is 11.5 Å². The Bertz CT molecular complexity index is 514. The number of hydrogen-bond donors (Lipinski definition) is 0. The molecule has 0 saturated carbocycles. The Balaban J connectivity index is 1.93. The highest BCUT2D eigenvalue weighted by Gasteiger charge is 2.10. The smallest absolute Gasteiger partial charge is 0.142 e. The molecule has 0 N–H and O–H groups in total. The second-order valence-electron chi connectivity index (χ2n) is 3.72. The van der Waals surface area contributed by atoms with Crippen LogP contribution in [0.1, 0.15) is 10.3 Å². The minimum atomic E-state index is -0.290. The van der Waals surface area contributed by atoms with E-state index >= 15 is 0 Å². The van der Waals surface area contributed by atoms with Crippen molar-refractivity contribution >= 4 is 35.2 Å². The van der Waals surface area contributed by atoms with Crippen LogP contribution in [0.25, 0.3) is 0 Å². The van der Waals surface area contributed by atoms with Gasteiger partial charge in [0.1, 0.15) is 16.2 Å². The summed E-state index contributed by atoms with van der Waals surface area (Å²) in [6.45, 7) is 0. The van der Waals surface area contributed by atoms with E-state index < -0.39 is 0 Å². The molecule has 0 saturated heterocycles. The molecule has 19 heavy (non-hydrogen) atoms. The number of benzene rings is 2. The Morgan fingerprint density at radius 1 is 0.947 bits per heavy atom. The summed E-state index contributed by atoms with van der Waals surface area (Å²) in [6, 6.07) is 14.7. The third kappa shape index (κ3) is 4.23. The first-order valence-corrected chi connectivity index (χ1v) is 7.18. The van der Waals surface area contributed by atoms with Crippen molar-refractivity contribution < 1.29 is 8.92 Å². The van der Waals surface area contributed by atoms with E-state index in [1.54, 1.807) is 31.4 Å². The Morgan fingerprint density at radius 2 is 1.53 bits per heavy atom. The molecule has 1 atom stereocenters. The van der Waals surface area contributed by atoms with Crippen molar-refractivity contribution in [2.24, 2.45) is 0 Å². The van der Waals surface area contributed by atoms with E-state index in [1.165, 1.54) is 12.0 Å². The molecule has 0 spiro atoms. The summed E-state index contributed by atoms with van der Waals surface area (Å²) >= 11 is 13.2. The summed E-state index contributed by atoms with van der Waals surface area (Å²) in [7, 11) is 1.63. The molecule has 0 aliphatic heterocycles. The first-order valence-electron chi connectivity index (χ1n) is 5.56. The molecule has 0 bridgehead atoms. The molecule has 5 heteroatoms. The van der Waals surface area contributed by atoms with E-state index in [-0.39, 0.29) is 4.71 Å². The van der Waals surface area contributed by atoms with Crippen molar-refractivity contribution in [1.82, 2.24) is 0 Å². The van der Waals surface area contributed by atoms with Crippen LogP contribution < -0.4 is 8.92 Å². The minimum Gasteiger partial charge on any atom is -0.497 e. The second-order valence-corrected chi connectivity index (χ2v) is 5.68. The molecule has 0 heterocycles. The summed E-state index contributed by atoms with van der Waals surface area (Å²) in [5.74, 6) is 1.52. The fraction of sp³-hybridized carbons (Fsp3) is 0.143. The Morgan fingerprint density at radius 3 is 2.11 bits per heavy atom. The van der Waals surface area contributed by atoms with Crippen LogP contribution in [-0.4, -0.2) is 7.11 Å². The lowest BCUT2D eigenvalue weighted by molar-refractivity contribution is 0.414. The van der Waals surface area contributed by atoms with E-state index in [2.05, 4.69) is 0 Å². The van der Waals surface area contributed by atoms with Crippen molar-refractivity contribution in [2.45, 2.75) is 4.71 Å². The zero-order chi connectivity index (χ0) is 13.7. The fourth-order valence-corrected chi connectivity index (χ4v) is 2.35. The van der Waals surface area contributed by atoms with Gasteiger partial charge >= 0.3 is 0 Å². The molecule has 0 aromatic heterocycles. The number of alkyl halides is 1. The number of halogens is 2. The summed E-state index contributed by atoms with van der Waals surface area (Å²) in [4.78, 5) is 0. The van der Waals surface area contributed by atoms with Crippen LogP contribution in [0.2, 0.25) is 5.02 Å². The van der Waals surface area contributed by atoms with E-state index in [1.807, 2.05) is 24.3 Å². The van der Waals surface area contributed by atoms with Crippen molar-refractivity contribution in [3.05, 3.63) is 59.1 Å². The molecule has 100 valence electrons. The van der Waals surface area contributed by atoms with Gasteiger partial charge in [0.05, 0.1) is 19.2 Å². The lowest BCUT2D eigenvalue weighted by Gasteiger charge is -2.10. The van der Waals surface area contributed by atoms with Gasteiger partial charge in [0.2, 0.25) is 0 Å². The molecule has 2 aromatic carbocycles. The summed E-state index contributed by atoms with van der Waals surface area (Å²) in [5, 5.41) is 0.676. The third-order valence-corrected chi connectivity index (χ3v) is 3.87. The van der Waals surface area contributed by atoms with Crippen molar-refractivity contribution in [2.75, 3.05) is 7.11 Å². The normalized spacial score (nSPS) is 11.9. The zero-order valence-corrected chi connectivity index (χ0v) is 12.5. The lowest BCUT2D eigenvalue weighted by atomic mass is 10.2. The summed E-state index contributed by atoms with van der Waals surface area (Å²) in [5.41, 5.74) is 0.960. The van der Waals surface area contributed by atoms with Gasteiger partial charge in [-0.05, 0) is 42.0 Å². The lowest BCUT2D eigenvalue weighted by Crippen LogP contribution is -1.90. The van der Waals surface area contributed by atoms with Gasteiger partial charge in [-0.25, -0.2) is 0 Å². The van der Waals surface area contributed by atoms with Gasteiger partial charge < -0.3 is 8.92 Å². The number of rotatable bonds is 5. The average Bonchev–Trinajstić information content (AvgIpc) is 2.46. The highest BCUT2D eigenvalue weighted by Crippen LogP contribution is 2.35. The maximum Gasteiger partial charge on any atom is 0.142 e. The Labute approximate surface area is 126 Å². The SMILES string of the molecule is COc1ccc(C(Cl)SOc2ccc(Cl)cc2)cc1. The number of methoxy groups -OCH3 is 1. The van der Waals surface area contributed by atoms with Gasteiger partial charge in [-0.2, -0.15) is 0 Å². The number of hydrogen-bond acceptors (Lipinski definition) is 3. The first-order chi connectivity index (χ1) is 9.19. The molecule has 1 unspecified atom stereocenters. The maximum atomic E-state index is 6.25. The van der Waals surface area contributed by atoms with Crippen molar-refractivity contribution in [1.29, 1.82) is 0 Å². The van der Waals surface area contributed by atoms with Crippen molar-refractivity contribution in [3.63, 3.8) is 0 Å². The second kappa shape index (κ2) is 6.94. The van der Waals surface area contributed by atoms with Crippen LogP contribution >= 0.6 is 35.2 Å². The molecule has 2 nitrogen and oxygen atoms in total. The molecule has 0 aliphatic carbocycles. The molecule has 0 fully saturated rings. The van der Waals surface area contributed by atoms with Crippen LogP contribution in [0.4, 0.5) is 0 Å². The van der Waals surface area contributed by atoms with E-state index in [9.17, 15) is 0 Å². The largest absolute Gasteiger partial charge is 0.497 e. The summed E-state index contributed by atoms with van der Waals surface area (Å²) < 4.78 is 10.3. The molecular formula is C14H12Cl2O2S. The van der Waals surface area contributed by atoms with Crippen LogP contribution in [0, 0.1) is 0 Å². The Kier molecular flexibility index (Phi) is 5.25. The predicted octanol–water partition coefficient (Wildman–Crippen LogP) is 5.31. The minimum absolute atomic E-state index is 0.290. The Hall–Kier alpha value is -1.03. The predicted molar refractivity (Wildman–Crippen MR) is 81.3 cm³/mol. The molecule has 2 aromatic rings. The summed E-state index contributed by atoms with van der Waals surface area (Å²) in [6.07, 6.45) is 0. The van der Waals surface area contributed by atoms with Crippen LogP contribution in [-0.2, 0) is 0 Å². The monoisotopic (exact) mass is 314 g/mol. The zero-order valence-electron chi connectivity index (χ0n) is 10.2. The van der Waals surface area contributed by atoms with Gasteiger partial charge in [-0.1, -0.05) is 23.7 Å². The molecule has 2 rings (SSSR count).